The summed E-state index contributed by atoms with van der Waals surface area (Å²) in [5.74, 6) is 0. The maximum atomic E-state index is 12.5. The molecule has 4 nitrogen and oxygen atoms in total. The first-order chi connectivity index (χ1) is 7.93. The Morgan fingerprint density at radius 2 is 2.11 bits per heavy atom. The summed E-state index contributed by atoms with van der Waals surface area (Å²) in [6, 6.07) is 1.80. The van der Waals surface area contributed by atoms with E-state index in [0.29, 0.717) is 11.4 Å². The van der Waals surface area contributed by atoms with Crippen molar-refractivity contribution in [3.8, 4) is 0 Å². The molecule has 18 heavy (non-hydrogen) atoms. The van der Waals surface area contributed by atoms with Gasteiger partial charge in [0.2, 0.25) is 10.0 Å². The van der Waals surface area contributed by atoms with Crippen molar-refractivity contribution in [2.45, 2.75) is 31.7 Å². The highest BCUT2D eigenvalue weighted by Gasteiger charge is 2.32. The lowest BCUT2D eigenvalue weighted by atomic mass is 10.3. The van der Waals surface area contributed by atoms with Crippen LogP contribution >= 0.6 is 23.7 Å². The van der Waals surface area contributed by atoms with Crippen molar-refractivity contribution >= 4 is 33.8 Å². The molecule has 2 heterocycles. The lowest BCUT2D eigenvalue weighted by Gasteiger charge is -2.32. The number of sulfonamides is 1. The van der Waals surface area contributed by atoms with Gasteiger partial charge in [0.15, 0.2) is 0 Å². The second-order valence-electron chi connectivity index (χ2n) is 4.45. The van der Waals surface area contributed by atoms with Crippen LogP contribution in [0.2, 0.25) is 0 Å². The molecular weight excluding hydrogens is 292 g/mol. The smallest absolute Gasteiger partial charge is 0.244 e. The minimum Gasteiger partial charge on any atom is -0.314 e. The van der Waals surface area contributed by atoms with Gasteiger partial charge in [-0.25, -0.2) is 8.42 Å². The van der Waals surface area contributed by atoms with Gasteiger partial charge in [-0.3, -0.25) is 0 Å². The van der Waals surface area contributed by atoms with Crippen LogP contribution in [-0.4, -0.2) is 38.4 Å². The van der Waals surface area contributed by atoms with E-state index in [0.717, 1.165) is 22.8 Å². The molecule has 1 aliphatic rings. The topological polar surface area (TPSA) is 49.4 Å². The van der Waals surface area contributed by atoms with Crippen LogP contribution in [0, 0.1) is 13.8 Å². The Morgan fingerprint density at radius 3 is 2.61 bits per heavy atom. The van der Waals surface area contributed by atoms with Gasteiger partial charge in [-0.1, -0.05) is 0 Å². The van der Waals surface area contributed by atoms with Crippen molar-refractivity contribution in [1.82, 2.24) is 9.62 Å². The second kappa shape index (κ2) is 5.88. The Kier molecular flexibility index (Phi) is 5.20. The number of rotatable bonds is 2. The molecule has 1 atom stereocenters. The van der Waals surface area contributed by atoms with Crippen LogP contribution in [0.25, 0.3) is 0 Å². The molecule has 0 aliphatic carbocycles. The Balaban J connectivity index is 0.00000162. The van der Waals surface area contributed by atoms with Crippen LogP contribution in [0.1, 0.15) is 16.7 Å². The average Bonchev–Trinajstić information content (AvgIpc) is 2.59. The summed E-state index contributed by atoms with van der Waals surface area (Å²) in [5.41, 5.74) is 0. The maximum absolute atomic E-state index is 12.5. The van der Waals surface area contributed by atoms with Gasteiger partial charge in [-0.05, 0) is 26.8 Å². The Morgan fingerprint density at radius 1 is 1.44 bits per heavy atom. The van der Waals surface area contributed by atoms with E-state index >= 15 is 0 Å². The standard InChI is InChI=1S/C11H18N2O2S2.ClH/c1-8-7-12-4-5-13(8)17(14,15)11-6-9(2)16-10(11)3;/h6,8,12H,4-5,7H2,1-3H3;1H. The number of hydrogen-bond acceptors (Lipinski definition) is 4. The van der Waals surface area contributed by atoms with Crippen molar-refractivity contribution < 1.29 is 8.42 Å². The first-order valence-corrected chi connectivity index (χ1v) is 7.98. The van der Waals surface area contributed by atoms with Gasteiger partial charge in [-0.15, -0.1) is 23.7 Å². The molecule has 1 aromatic heterocycles. The summed E-state index contributed by atoms with van der Waals surface area (Å²) in [6.45, 7) is 7.76. The lowest BCUT2D eigenvalue weighted by molar-refractivity contribution is 0.284. The largest absolute Gasteiger partial charge is 0.314 e. The molecule has 0 amide bonds. The molecular formula is C11H19ClN2O2S2. The number of aryl methyl sites for hydroxylation is 2. The fraction of sp³-hybridized carbons (Fsp3) is 0.636. The summed E-state index contributed by atoms with van der Waals surface area (Å²) in [5, 5.41) is 3.20. The Hall–Kier alpha value is -0.140. The third kappa shape index (κ3) is 2.88. The number of hydrogen-bond donors (Lipinski definition) is 1. The zero-order valence-corrected chi connectivity index (χ0v) is 13.2. The monoisotopic (exact) mass is 310 g/mol. The molecule has 0 spiro atoms. The zero-order valence-electron chi connectivity index (χ0n) is 10.8. The number of piperazine rings is 1. The Labute approximate surface area is 119 Å². The second-order valence-corrected chi connectivity index (χ2v) is 7.77. The summed E-state index contributed by atoms with van der Waals surface area (Å²) in [7, 11) is -3.32. The summed E-state index contributed by atoms with van der Waals surface area (Å²) >= 11 is 1.54. The third-order valence-corrected chi connectivity index (χ3v) is 6.26. The molecule has 1 aliphatic heterocycles. The average molecular weight is 311 g/mol. The van der Waals surface area contributed by atoms with E-state index in [1.54, 1.807) is 10.4 Å². The number of halogens is 1. The minimum absolute atomic E-state index is 0. The van der Waals surface area contributed by atoms with Crippen LogP contribution in [0.5, 0.6) is 0 Å². The molecule has 0 saturated carbocycles. The predicted molar refractivity (Wildman–Crippen MR) is 77.3 cm³/mol. The minimum atomic E-state index is -3.32. The van der Waals surface area contributed by atoms with Crippen molar-refractivity contribution in [3.05, 3.63) is 15.8 Å². The van der Waals surface area contributed by atoms with Gasteiger partial charge in [0.25, 0.3) is 0 Å². The van der Waals surface area contributed by atoms with Gasteiger partial charge in [-0.2, -0.15) is 4.31 Å². The highest BCUT2D eigenvalue weighted by molar-refractivity contribution is 7.89. The first-order valence-electron chi connectivity index (χ1n) is 5.72. The van der Waals surface area contributed by atoms with Gasteiger partial charge in [0.1, 0.15) is 0 Å². The van der Waals surface area contributed by atoms with Crippen LogP contribution in [-0.2, 0) is 10.0 Å². The third-order valence-electron chi connectivity index (χ3n) is 3.02. The van der Waals surface area contributed by atoms with E-state index in [-0.39, 0.29) is 18.4 Å². The van der Waals surface area contributed by atoms with E-state index in [1.165, 1.54) is 11.3 Å². The summed E-state index contributed by atoms with van der Waals surface area (Å²) in [6.07, 6.45) is 0. The number of thiophene rings is 1. The van der Waals surface area contributed by atoms with Crippen LogP contribution in [0.4, 0.5) is 0 Å². The van der Waals surface area contributed by atoms with Gasteiger partial charge >= 0.3 is 0 Å². The molecule has 1 aromatic rings. The van der Waals surface area contributed by atoms with E-state index in [9.17, 15) is 8.42 Å². The van der Waals surface area contributed by atoms with Gasteiger partial charge < -0.3 is 5.32 Å². The maximum Gasteiger partial charge on any atom is 0.244 e. The fourth-order valence-corrected chi connectivity index (χ4v) is 5.33. The molecule has 0 radical (unpaired) electrons. The normalized spacial score (nSPS) is 21.6. The van der Waals surface area contributed by atoms with Crippen LogP contribution < -0.4 is 5.32 Å². The summed E-state index contributed by atoms with van der Waals surface area (Å²) in [4.78, 5) is 2.41. The molecule has 7 heteroatoms. The molecule has 0 bridgehead atoms. The highest BCUT2D eigenvalue weighted by atomic mass is 35.5. The van der Waals surface area contributed by atoms with E-state index < -0.39 is 10.0 Å². The van der Waals surface area contributed by atoms with Crippen molar-refractivity contribution in [2.75, 3.05) is 19.6 Å². The lowest BCUT2D eigenvalue weighted by Crippen LogP contribution is -2.52. The molecule has 0 aromatic carbocycles. The van der Waals surface area contributed by atoms with Crippen LogP contribution in [0.3, 0.4) is 0 Å². The molecule has 1 unspecified atom stereocenters. The molecule has 104 valence electrons. The van der Waals surface area contributed by atoms with Gasteiger partial charge in [0.05, 0.1) is 4.90 Å². The summed E-state index contributed by atoms with van der Waals surface area (Å²) < 4.78 is 26.7. The van der Waals surface area contributed by atoms with Crippen molar-refractivity contribution in [3.63, 3.8) is 0 Å². The zero-order chi connectivity index (χ0) is 12.6. The Bertz CT molecular complexity index is 513. The molecule has 1 saturated heterocycles. The van der Waals surface area contributed by atoms with Crippen molar-refractivity contribution in [1.29, 1.82) is 0 Å². The molecule has 1 fully saturated rings. The highest BCUT2D eigenvalue weighted by Crippen LogP contribution is 2.28. The quantitative estimate of drug-likeness (QED) is 0.905. The van der Waals surface area contributed by atoms with E-state index in [4.69, 9.17) is 0 Å². The van der Waals surface area contributed by atoms with Crippen LogP contribution in [0.15, 0.2) is 11.0 Å². The molecule has 2 rings (SSSR count). The van der Waals surface area contributed by atoms with E-state index in [1.807, 2.05) is 20.8 Å². The SMILES string of the molecule is Cc1cc(S(=O)(=O)N2CCNCC2C)c(C)s1.Cl. The van der Waals surface area contributed by atoms with E-state index in [2.05, 4.69) is 5.32 Å². The molecule has 1 N–H and O–H groups in total. The predicted octanol–water partition coefficient (Wildman–Crippen LogP) is 1.77. The first kappa shape index (κ1) is 15.9. The number of nitrogens with one attached hydrogen (secondary N) is 1. The van der Waals surface area contributed by atoms with Crippen molar-refractivity contribution in [2.24, 2.45) is 0 Å². The fourth-order valence-electron chi connectivity index (χ4n) is 2.17. The number of nitrogens with zero attached hydrogens (tertiary/aromatic N) is 1. The van der Waals surface area contributed by atoms with Gasteiger partial charge in [0, 0.05) is 35.4 Å².